The standard InChI is InChI=1S/C31H28N3O2.HI/c1-33-20-18-23(19-21-33)4-6-25-7-5-24-22-28(12-17-31(24)32-25)34(26-8-13-29(35-2)14-9-26)27-10-15-30(36-3)16-11-27;/h4-22H,1-3H3;1H/q+1;/p-1. The molecule has 0 aliphatic heterocycles. The van der Waals surface area contributed by atoms with Crippen molar-refractivity contribution >= 4 is 40.1 Å². The van der Waals surface area contributed by atoms with Crippen LogP contribution in [0.25, 0.3) is 23.1 Å². The molecule has 0 saturated carbocycles. The highest BCUT2D eigenvalue weighted by molar-refractivity contribution is 5.88. The number of hydrogen-bond acceptors (Lipinski definition) is 4. The molecule has 0 saturated heterocycles. The van der Waals surface area contributed by atoms with Crippen LogP contribution in [-0.4, -0.2) is 19.2 Å². The second kappa shape index (κ2) is 11.9. The molecule has 5 aromatic rings. The number of anilines is 3. The van der Waals surface area contributed by atoms with E-state index in [2.05, 4.69) is 77.7 Å². The summed E-state index contributed by atoms with van der Waals surface area (Å²) in [7, 11) is 5.36. The molecule has 0 aliphatic rings. The Morgan fingerprint density at radius 1 is 0.676 bits per heavy atom. The van der Waals surface area contributed by atoms with Crippen molar-refractivity contribution in [3.05, 3.63) is 115 Å². The molecule has 0 N–H and O–H groups in total. The minimum absolute atomic E-state index is 0. The minimum atomic E-state index is 0. The Morgan fingerprint density at radius 3 is 1.81 bits per heavy atom. The van der Waals surface area contributed by atoms with E-state index < -0.39 is 0 Å². The number of ether oxygens (including phenoxy) is 2. The lowest BCUT2D eigenvalue weighted by Crippen LogP contribution is -3.00. The molecule has 0 atom stereocenters. The van der Waals surface area contributed by atoms with Gasteiger partial charge in [-0.1, -0.05) is 12.1 Å². The van der Waals surface area contributed by atoms with Gasteiger partial charge in [-0.2, -0.15) is 0 Å². The van der Waals surface area contributed by atoms with Crippen LogP contribution in [0.15, 0.2) is 103 Å². The molecule has 0 unspecified atom stereocenters. The molecule has 186 valence electrons. The van der Waals surface area contributed by atoms with Crippen LogP contribution in [-0.2, 0) is 7.05 Å². The number of fused-ring (bicyclic) bond motifs is 1. The van der Waals surface area contributed by atoms with Crippen molar-refractivity contribution in [1.29, 1.82) is 0 Å². The maximum Gasteiger partial charge on any atom is 0.169 e. The summed E-state index contributed by atoms with van der Waals surface area (Å²) in [4.78, 5) is 7.07. The number of pyridine rings is 2. The molecule has 2 heterocycles. The summed E-state index contributed by atoms with van der Waals surface area (Å²) in [6.07, 6.45) is 8.19. The van der Waals surface area contributed by atoms with Crippen molar-refractivity contribution in [3.8, 4) is 11.5 Å². The Balaban J connectivity index is 0.00000320. The molecule has 37 heavy (non-hydrogen) atoms. The number of aryl methyl sites for hydroxylation is 1. The number of aromatic nitrogens is 2. The first-order chi connectivity index (χ1) is 17.6. The Hall–Kier alpha value is -3.91. The fraction of sp³-hybridized carbons (Fsp3) is 0.0968. The summed E-state index contributed by atoms with van der Waals surface area (Å²) in [5.41, 5.74) is 6.11. The predicted octanol–water partition coefficient (Wildman–Crippen LogP) is 3.72. The Labute approximate surface area is 234 Å². The van der Waals surface area contributed by atoms with Crippen LogP contribution in [0.4, 0.5) is 17.1 Å². The molecule has 0 amide bonds. The third kappa shape index (κ3) is 6.09. The summed E-state index contributed by atoms with van der Waals surface area (Å²) in [5, 5.41) is 1.07. The van der Waals surface area contributed by atoms with Crippen molar-refractivity contribution in [2.45, 2.75) is 0 Å². The van der Waals surface area contributed by atoms with Crippen LogP contribution >= 0.6 is 0 Å². The monoisotopic (exact) mass is 601 g/mol. The van der Waals surface area contributed by atoms with E-state index in [1.165, 1.54) is 0 Å². The van der Waals surface area contributed by atoms with E-state index in [0.29, 0.717) is 0 Å². The first-order valence-corrected chi connectivity index (χ1v) is 11.8. The zero-order valence-electron chi connectivity index (χ0n) is 21.0. The van der Waals surface area contributed by atoms with Gasteiger partial charge < -0.3 is 38.4 Å². The molecule has 5 nitrogen and oxygen atoms in total. The summed E-state index contributed by atoms with van der Waals surface area (Å²) >= 11 is 0. The van der Waals surface area contributed by atoms with Crippen LogP contribution in [0.2, 0.25) is 0 Å². The third-order valence-corrected chi connectivity index (χ3v) is 6.06. The lowest BCUT2D eigenvalue weighted by molar-refractivity contribution is -0.671. The van der Waals surface area contributed by atoms with Gasteiger partial charge in [-0.05, 0) is 84.4 Å². The van der Waals surface area contributed by atoms with Crippen molar-refractivity contribution in [3.63, 3.8) is 0 Å². The minimum Gasteiger partial charge on any atom is -1.00 e. The van der Waals surface area contributed by atoms with Crippen molar-refractivity contribution in [1.82, 2.24) is 4.98 Å². The smallest absolute Gasteiger partial charge is 0.169 e. The van der Waals surface area contributed by atoms with Gasteiger partial charge >= 0.3 is 0 Å². The zero-order chi connectivity index (χ0) is 24.9. The number of benzene rings is 3. The highest BCUT2D eigenvalue weighted by Gasteiger charge is 2.14. The normalized spacial score (nSPS) is 10.8. The van der Waals surface area contributed by atoms with E-state index in [1.54, 1.807) is 14.2 Å². The van der Waals surface area contributed by atoms with Gasteiger partial charge in [0.15, 0.2) is 12.4 Å². The van der Waals surface area contributed by atoms with E-state index in [-0.39, 0.29) is 24.0 Å². The summed E-state index contributed by atoms with van der Waals surface area (Å²) in [5.74, 6) is 1.64. The van der Waals surface area contributed by atoms with Crippen molar-refractivity contribution < 1.29 is 38.0 Å². The van der Waals surface area contributed by atoms with E-state index >= 15 is 0 Å². The fourth-order valence-corrected chi connectivity index (χ4v) is 4.08. The number of methoxy groups -OCH3 is 2. The van der Waals surface area contributed by atoms with E-state index in [0.717, 1.165) is 50.7 Å². The van der Waals surface area contributed by atoms with Gasteiger partial charge in [0.25, 0.3) is 0 Å². The topological polar surface area (TPSA) is 38.5 Å². The number of halogens is 1. The van der Waals surface area contributed by atoms with Crippen molar-refractivity contribution in [2.24, 2.45) is 7.05 Å². The molecule has 6 heteroatoms. The van der Waals surface area contributed by atoms with E-state index in [1.807, 2.05) is 54.3 Å². The first-order valence-electron chi connectivity index (χ1n) is 11.8. The zero-order valence-corrected chi connectivity index (χ0v) is 23.2. The second-order valence-electron chi connectivity index (χ2n) is 8.47. The highest BCUT2D eigenvalue weighted by atomic mass is 127. The van der Waals surface area contributed by atoms with Crippen LogP contribution in [0.1, 0.15) is 11.3 Å². The molecule has 0 radical (unpaired) electrons. The van der Waals surface area contributed by atoms with Gasteiger partial charge in [0.05, 0.1) is 25.4 Å². The third-order valence-electron chi connectivity index (χ3n) is 6.06. The Kier molecular flexibility index (Phi) is 8.40. The van der Waals surface area contributed by atoms with Gasteiger partial charge in [0.1, 0.15) is 18.5 Å². The molecular weight excluding hydrogens is 573 g/mol. The second-order valence-corrected chi connectivity index (χ2v) is 8.47. The lowest BCUT2D eigenvalue weighted by atomic mass is 10.1. The van der Waals surface area contributed by atoms with Crippen LogP contribution in [0, 0.1) is 0 Å². The Bertz CT molecular complexity index is 1450. The number of hydrogen-bond donors (Lipinski definition) is 0. The largest absolute Gasteiger partial charge is 1.00 e. The fourth-order valence-electron chi connectivity index (χ4n) is 4.08. The van der Waals surface area contributed by atoms with Crippen LogP contribution in [0.5, 0.6) is 11.5 Å². The molecular formula is C31H28IN3O2. The van der Waals surface area contributed by atoms with Gasteiger partial charge in [0.2, 0.25) is 0 Å². The average Bonchev–Trinajstić information content (AvgIpc) is 2.93. The molecule has 2 aromatic heterocycles. The number of rotatable bonds is 7. The quantitative estimate of drug-likeness (QED) is 0.211. The van der Waals surface area contributed by atoms with Gasteiger partial charge in [-0.3, -0.25) is 0 Å². The van der Waals surface area contributed by atoms with Gasteiger partial charge in [0, 0.05) is 34.6 Å². The lowest BCUT2D eigenvalue weighted by Gasteiger charge is -2.26. The molecule has 0 bridgehead atoms. The van der Waals surface area contributed by atoms with Crippen molar-refractivity contribution in [2.75, 3.05) is 19.1 Å². The van der Waals surface area contributed by atoms with Crippen LogP contribution in [0.3, 0.4) is 0 Å². The average molecular weight is 601 g/mol. The first kappa shape index (κ1) is 26.2. The maximum atomic E-state index is 5.36. The number of nitrogens with zero attached hydrogens (tertiary/aromatic N) is 3. The molecule has 0 fully saturated rings. The van der Waals surface area contributed by atoms with Gasteiger partial charge in [-0.25, -0.2) is 9.55 Å². The molecule has 0 spiro atoms. The maximum absolute atomic E-state index is 5.36. The van der Waals surface area contributed by atoms with Gasteiger partial charge in [-0.15, -0.1) is 0 Å². The van der Waals surface area contributed by atoms with Crippen LogP contribution < -0.4 is 42.9 Å². The predicted molar refractivity (Wildman–Crippen MR) is 146 cm³/mol. The SMILES string of the molecule is COc1ccc(N(c2ccc(OC)cc2)c2ccc3nc(C=Cc4cc[n+](C)cc4)ccc3c2)cc1.[I-]. The highest BCUT2D eigenvalue weighted by Crippen LogP contribution is 2.37. The van der Waals surface area contributed by atoms with E-state index in [4.69, 9.17) is 14.5 Å². The summed E-state index contributed by atoms with van der Waals surface area (Å²) < 4.78 is 12.7. The Morgan fingerprint density at radius 2 is 1.24 bits per heavy atom. The molecule has 0 aliphatic carbocycles. The van der Waals surface area contributed by atoms with E-state index in [9.17, 15) is 0 Å². The molecule has 3 aromatic carbocycles. The summed E-state index contributed by atoms with van der Waals surface area (Å²) in [6.45, 7) is 0. The molecule has 5 rings (SSSR count). The summed E-state index contributed by atoms with van der Waals surface area (Å²) in [6, 6.07) is 30.8.